The van der Waals surface area contributed by atoms with Crippen molar-refractivity contribution in [3.8, 4) is 5.75 Å². The SMILES string of the molecule is CSOC[C@H](C)COc1cc(C)c(Br)c(C)c1. The van der Waals surface area contributed by atoms with Crippen molar-refractivity contribution in [1.82, 2.24) is 0 Å². The molecule has 0 unspecified atom stereocenters. The molecule has 0 aliphatic rings. The molecule has 1 aromatic carbocycles. The van der Waals surface area contributed by atoms with Crippen molar-refractivity contribution in [3.05, 3.63) is 27.7 Å². The number of benzene rings is 1. The number of ether oxygens (including phenoxy) is 1. The van der Waals surface area contributed by atoms with E-state index in [2.05, 4.69) is 48.8 Å². The molecule has 1 rings (SSSR count). The summed E-state index contributed by atoms with van der Waals surface area (Å²) < 4.78 is 12.2. The van der Waals surface area contributed by atoms with Crippen LogP contribution in [0.2, 0.25) is 0 Å². The molecule has 0 saturated carbocycles. The molecule has 0 aliphatic carbocycles. The van der Waals surface area contributed by atoms with Gasteiger partial charge in [0, 0.05) is 16.6 Å². The van der Waals surface area contributed by atoms with Gasteiger partial charge in [0.25, 0.3) is 0 Å². The van der Waals surface area contributed by atoms with E-state index in [1.807, 2.05) is 6.26 Å². The molecule has 96 valence electrons. The van der Waals surface area contributed by atoms with E-state index in [1.54, 1.807) is 0 Å². The maximum Gasteiger partial charge on any atom is 0.119 e. The Morgan fingerprint density at radius 1 is 1.24 bits per heavy atom. The smallest absolute Gasteiger partial charge is 0.119 e. The predicted molar refractivity (Wildman–Crippen MR) is 77.7 cm³/mol. The Bertz CT molecular complexity index is 345. The van der Waals surface area contributed by atoms with Crippen LogP contribution in [0.1, 0.15) is 18.1 Å². The second kappa shape index (κ2) is 7.29. The first-order chi connectivity index (χ1) is 8.04. The van der Waals surface area contributed by atoms with Gasteiger partial charge in [0.05, 0.1) is 13.2 Å². The zero-order valence-electron chi connectivity index (χ0n) is 10.7. The largest absolute Gasteiger partial charge is 0.493 e. The third-order valence-electron chi connectivity index (χ3n) is 2.41. The van der Waals surface area contributed by atoms with Crippen LogP contribution in [0.4, 0.5) is 0 Å². The first kappa shape index (κ1) is 14.9. The van der Waals surface area contributed by atoms with Crippen LogP contribution < -0.4 is 4.74 Å². The van der Waals surface area contributed by atoms with Gasteiger partial charge < -0.3 is 8.92 Å². The Balaban J connectivity index is 2.52. The fraction of sp³-hybridized carbons (Fsp3) is 0.538. The number of aryl methyl sites for hydroxylation is 2. The second-order valence-corrected chi connectivity index (χ2v) is 5.60. The molecule has 17 heavy (non-hydrogen) atoms. The highest BCUT2D eigenvalue weighted by molar-refractivity contribution is 9.10. The third kappa shape index (κ3) is 4.90. The molecule has 0 aromatic heterocycles. The van der Waals surface area contributed by atoms with Gasteiger partial charge in [-0.1, -0.05) is 22.9 Å². The number of rotatable bonds is 6. The van der Waals surface area contributed by atoms with E-state index >= 15 is 0 Å². The zero-order chi connectivity index (χ0) is 12.8. The van der Waals surface area contributed by atoms with Gasteiger partial charge in [-0.3, -0.25) is 0 Å². The molecule has 0 spiro atoms. The van der Waals surface area contributed by atoms with Crippen LogP contribution in [0.3, 0.4) is 0 Å². The van der Waals surface area contributed by atoms with Crippen LogP contribution >= 0.6 is 28.0 Å². The molecule has 4 heteroatoms. The normalized spacial score (nSPS) is 12.5. The summed E-state index contributed by atoms with van der Waals surface area (Å²) in [5, 5.41) is 0. The molecule has 1 aromatic rings. The van der Waals surface area contributed by atoms with Crippen LogP contribution in [0.5, 0.6) is 5.75 Å². The summed E-state index contributed by atoms with van der Waals surface area (Å²) in [6.45, 7) is 7.67. The molecule has 0 heterocycles. The minimum Gasteiger partial charge on any atom is -0.493 e. The average Bonchev–Trinajstić information content (AvgIpc) is 2.30. The monoisotopic (exact) mass is 318 g/mol. The maximum absolute atomic E-state index is 5.77. The van der Waals surface area contributed by atoms with Crippen molar-refractivity contribution in [2.75, 3.05) is 19.5 Å². The van der Waals surface area contributed by atoms with Crippen LogP contribution in [0.15, 0.2) is 16.6 Å². The summed E-state index contributed by atoms with van der Waals surface area (Å²) in [5.74, 6) is 1.32. The standard InChI is InChI=1S/C13H19BrO2S/c1-9(8-16-17-4)7-15-12-5-10(2)13(14)11(3)6-12/h5-6,9H,7-8H2,1-4H3/t9-/m1/s1. The van der Waals surface area contributed by atoms with Gasteiger partial charge in [0.15, 0.2) is 0 Å². The molecule has 0 aliphatic heterocycles. The fourth-order valence-corrected chi connectivity index (χ4v) is 2.06. The maximum atomic E-state index is 5.77. The van der Waals surface area contributed by atoms with Gasteiger partial charge in [0.2, 0.25) is 0 Å². The molecule has 0 saturated heterocycles. The van der Waals surface area contributed by atoms with Crippen LogP contribution in [-0.2, 0) is 4.18 Å². The quantitative estimate of drug-likeness (QED) is 0.725. The van der Waals surface area contributed by atoms with Crippen LogP contribution in [-0.4, -0.2) is 19.5 Å². The minimum absolute atomic E-state index is 0.395. The van der Waals surface area contributed by atoms with Gasteiger partial charge in [-0.2, -0.15) is 0 Å². The minimum atomic E-state index is 0.395. The summed E-state index contributed by atoms with van der Waals surface area (Å²) in [5.41, 5.74) is 2.40. The summed E-state index contributed by atoms with van der Waals surface area (Å²) in [4.78, 5) is 0. The summed E-state index contributed by atoms with van der Waals surface area (Å²) in [7, 11) is 0. The van der Waals surface area contributed by atoms with Crippen molar-refractivity contribution in [2.45, 2.75) is 20.8 Å². The molecular formula is C13H19BrO2S. The zero-order valence-corrected chi connectivity index (χ0v) is 13.2. The molecule has 0 bridgehead atoms. The van der Waals surface area contributed by atoms with Gasteiger partial charge in [0.1, 0.15) is 5.75 Å². The van der Waals surface area contributed by atoms with Crippen molar-refractivity contribution in [1.29, 1.82) is 0 Å². The van der Waals surface area contributed by atoms with E-state index < -0.39 is 0 Å². The fourth-order valence-electron chi connectivity index (χ4n) is 1.46. The van der Waals surface area contributed by atoms with E-state index in [1.165, 1.54) is 23.2 Å². The molecule has 0 amide bonds. The summed E-state index contributed by atoms with van der Waals surface area (Å²) in [6.07, 6.45) is 1.93. The van der Waals surface area contributed by atoms with Crippen molar-refractivity contribution < 1.29 is 8.92 Å². The van der Waals surface area contributed by atoms with E-state index in [0.717, 1.165) is 16.8 Å². The lowest BCUT2D eigenvalue weighted by Gasteiger charge is -2.14. The lowest BCUT2D eigenvalue weighted by atomic mass is 10.1. The van der Waals surface area contributed by atoms with Gasteiger partial charge >= 0.3 is 0 Å². The highest BCUT2D eigenvalue weighted by Gasteiger charge is 2.06. The number of hydrogen-bond donors (Lipinski definition) is 0. The van der Waals surface area contributed by atoms with Crippen molar-refractivity contribution in [2.24, 2.45) is 5.92 Å². The first-order valence-electron chi connectivity index (χ1n) is 5.59. The Hall–Kier alpha value is -0.190. The molecule has 0 N–H and O–H groups in total. The number of halogens is 1. The van der Waals surface area contributed by atoms with E-state index in [9.17, 15) is 0 Å². The Morgan fingerprint density at radius 3 is 2.35 bits per heavy atom. The molecule has 1 atom stereocenters. The summed E-state index contributed by atoms with van der Waals surface area (Å²) >= 11 is 4.95. The lowest BCUT2D eigenvalue weighted by Crippen LogP contribution is -2.13. The first-order valence-corrected chi connectivity index (χ1v) is 7.54. The van der Waals surface area contributed by atoms with Crippen molar-refractivity contribution >= 4 is 28.0 Å². The molecule has 2 nitrogen and oxygen atoms in total. The van der Waals surface area contributed by atoms with Gasteiger partial charge in [-0.15, -0.1) is 0 Å². The molecule has 0 radical (unpaired) electrons. The van der Waals surface area contributed by atoms with E-state index in [-0.39, 0.29) is 0 Å². The van der Waals surface area contributed by atoms with Gasteiger partial charge in [-0.25, -0.2) is 0 Å². The van der Waals surface area contributed by atoms with Crippen molar-refractivity contribution in [3.63, 3.8) is 0 Å². The lowest BCUT2D eigenvalue weighted by molar-refractivity contribution is 0.205. The van der Waals surface area contributed by atoms with E-state index in [4.69, 9.17) is 8.92 Å². The van der Waals surface area contributed by atoms with E-state index in [0.29, 0.717) is 12.5 Å². The second-order valence-electron chi connectivity index (χ2n) is 4.24. The Labute approximate surface area is 116 Å². The van der Waals surface area contributed by atoms with Crippen LogP contribution in [0, 0.1) is 19.8 Å². The highest BCUT2D eigenvalue weighted by Crippen LogP contribution is 2.26. The molecular weight excluding hydrogens is 300 g/mol. The highest BCUT2D eigenvalue weighted by atomic mass is 79.9. The topological polar surface area (TPSA) is 18.5 Å². The number of hydrogen-bond acceptors (Lipinski definition) is 3. The average molecular weight is 319 g/mol. The third-order valence-corrected chi connectivity index (χ3v) is 4.04. The molecule has 0 fully saturated rings. The summed E-state index contributed by atoms with van der Waals surface area (Å²) in [6, 6.07) is 4.11. The predicted octanol–water partition coefficient (Wildman–Crippen LogP) is 4.38. The van der Waals surface area contributed by atoms with Gasteiger partial charge in [-0.05, 0) is 49.1 Å². The Morgan fingerprint density at radius 2 is 1.82 bits per heavy atom. The Kier molecular flexibility index (Phi) is 6.38. The van der Waals surface area contributed by atoms with Crippen LogP contribution in [0.25, 0.3) is 0 Å².